The van der Waals surface area contributed by atoms with Crippen molar-refractivity contribution in [3.05, 3.63) is 126 Å². The molecule has 8 heteroatoms. The second-order valence-corrected chi connectivity index (χ2v) is 9.26. The zero-order chi connectivity index (χ0) is 29.5. The fourth-order valence-electron chi connectivity index (χ4n) is 4.27. The van der Waals surface area contributed by atoms with Crippen molar-refractivity contribution in [1.82, 2.24) is 9.97 Å². The SMILES string of the molecule is COc1ccc(-c2nc(-c3ccc(C=CC(=O)O)cc3)c(-c3ccc(C=CC(=O)Nc4ccccc4F)cc3)[nH]2)cc1. The second kappa shape index (κ2) is 12.6. The van der Waals surface area contributed by atoms with Gasteiger partial charge in [0.1, 0.15) is 17.4 Å². The van der Waals surface area contributed by atoms with E-state index in [2.05, 4.69) is 10.3 Å². The number of benzene rings is 4. The number of amides is 1. The third-order valence-electron chi connectivity index (χ3n) is 6.43. The topological polar surface area (TPSA) is 104 Å². The number of carbonyl (C=O) groups is 2. The van der Waals surface area contributed by atoms with Crippen molar-refractivity contribution >= 4 is 29.7 Å². The van der Waals surface area contributed by atoms with Crippen molar-refractivity contribution in [1.29, 1.82) is 0 Å². The van der Waals surface area contributed by atoms with Crippen molar-refractivity contribution in [2.75, 3.05) is 12.4 Å². The first kappa shape index (κ1) is 27.8. The van der Waals surface area contributed by atoms with Crippen LogP contribution in [0.4, 0.5) is 10.1 Å². The van der Waals surface area contributed by atoms with Gasteiger partial charge in [-0.05, 0) is 59.7 Å². The molecule has 0 fully saturated rings. The van der Waals surface area contributed by atoms with Gasteiger partial charge in [-0.15, -0.1) is 0 Å². The van der Waals surface area contributed by atoms with Crippen LogP contribution in [0.5, 0.6) is 5.75 Å². The van der Waals surface area contributed by atoms with Gasteiger partial charge in [-0.25, -0.2) is 14.2 Å². The number of hydrogen-bond acceptors (Lipinski definition) is 4. The Morgan fingerprint density at radius 3 is 2.02 bits per heavy atom. The van der Waals surface area contributed by atoms with Crippen LogP contribution in [-0.2, 0) is 9.59 Å². The molecule has 0 spiro atoms. The molecule has 5 aromatic rings. The molecular formula is C34H26FN3O4. The highest BCUT2D eigenvalue weighted by atomic mass is 19.1. The Balaban J connectivity index is 1.43. The summed E-state index contributed by atoms with van der Waals surface area (Å²) in [7, 11) is 1.61. The number of imidazole rings is 1. The van der Waals surface area contributed by atoms with E-state index in [-0.39, 0.29) is 5.69 Å². The fraction of sp³-hybridized carbons (Fsp3) is 0.0294. The highest BCUT2D eigenvalue weighted by molar-refractivity contribution is 6.02. The number of carbonyl (C=O) groups excluding carboxylic acids is 1. The van der Waals surface area contributed by atoms with Crippen molar-refractivity contribution < 1.29 is 23.8 Å². The Labute approximate surface area is 241 Å². The van der Waals surface area contributed by atoms with Crippen LogP contribution in [0, 0.1) is 5.82 Å². The summed E-state index contributed by atoms with van der Waals surface area (Å²) < 4.78 is 19.1. The number of aliphatic carboxylic acids is 1. The van der Waals surface area contributed by atoms with Crippen molar-refractivity contribution in [2.24, 2.45) is 0 Å². The third kappa shape index (κ3) is 6.68. The van der Waals surface area contributed by atoms with Gasteiger partial charge in [0.2, 0.25) is 5.91 Å². The molecule has 0 saturated carbocycles. The van der Waals surface area contributed by atoms with E-state index in [0.717, 1.165) is 51.0 Å². The Morgan fingerprint density at radius 1 is 0.810 bits per heavy atom. The molecule has 0 saturated heterocycles. The molecule has 4 aromatic carbocycles. The van der Waals surface area contributed by atoms with Gasteiger partial charge in [-0.3, -0.25) is 4.79 Å². The summed E-state index contributed by atoms with van der Waals surface area (Å²) in [5, 5.41) is 11.4. The number of H-pyrrole nitrogens is 1. The van der Waals surface area contributed by atoms with Crippen LogP contribution >= 0.6 is 0 Å². The summed E-state index contributed by atoms with van der Waals surface area (Å²) in [6, 6.07) is 28.6. The maximum atomic E-state index is 13.8. The summed E-state index contributed by atoms with van der Waals surface area (Å²) in [6.07, 6.45) is 5.63. The zero-order valence-corrected chi connectivity index (χ0v) is 22.5. The monoisotopic (exact) mass is 559 g/mol. The highest BCUT2D eigenvalue weighted by Crippen LogP contribution is 2.34. The number of anilines is 1. The summed E-state index contributed by atoms with van der Waals surface area (Å²) in [5.74, 6) is -0.541. The zero-order valence-electron chi connectivity index (χ0n) is 22.5. The predicted octanol–water partition coefficient (Wildman–Crippen LogP) is 7.31. The lowest BCUT2D eigenvalue weighted by Crippen LogP contribution is -2.08. The molecule has 7 nitrogen and oxygen atoms in total. The van der Waals surface area contributed by atoms with Gasteiger partial charge in [0, 0.05) is 28.8 Å². The number of nitrogens with zero attached hydrogens (tertiary/aromatic N) is 1. The first-order valence-corrected chi connectivity index (χ1v) is 13.0. The summed E-state index contributed by atoms with van der Waals surface area (Å²) in [5.41, 5.74) is 5.78. The number of carboxylic acid groups (broad SMARTS) is 1. The molecule has 0 radical (unpaired) electrons. The van der Waals surface area contributed by atoms with Gasteiger partial charge in [0.15, 0.2) is 0 Å². The van der Waals surface area contributed by atoms with E-state index in [1.807, 2.05) is 72.8 Å². The number of rotatable bonds is 9. The van der Waals surface area contributed by atoms with Crippen LogP contribution in [0.2, 0.25) is 0 Å². The maximum absolute atomic E-state index is 13.8. The standard InChI is InChI=1S/C34H26FN3O4/c1-42-27-18-16-26(17-19-27)34-37-32(33(38-34)25-14-8-23(9-15-25)11-21-31(40)41)24-12-6-22(7-13-24)10-20-30(39)36-29-5-3-2-4-28(29)35/h2-21H,1H3,(H,36,39)(H,37,38)(H,40,41). The number of aromatic amines is 1. The van der Waals surface area contributed by atoms with E-state index in [4.69, 9.17) is 14.8 Å². The average Bonchev–Trinajstić information content (AvgIpc) is 3.46. The minimum absolute atomic E-state index is 0.118. The lowest BCUT2D eigenvalue weighted by atomic mass is 10.0. The molecule has 1 amide bonds. The molecule has 0 bridgehead atoms. The van der Waals surface area contributed by atoms with Crippen molar-refractivity contribution in [2.45, 2.75) is 0 Å². The molecule has 0 aliphatic carbocycles. The van der Waals surface area contributed by atoms with Gasteiger partial charge in [-0.1, -0.05) is 60.7 Å². The summed E-state index contributed by atoms with van der Waals surface area (Å²) in [4.78, 5) is 31.5. The molecule has 0 aliphatic rings. The number of carboxylic acids is 1. The molecule has 5 rings (SSSR count). The summed E-state index contributed by atoms with van der Waals surface area (Å²) in [6.45, 7) is 0. The van der Waals surface area contributed by atoms with E-state index < -0.39 is 17.7 Å². The molecule has 208 valence electrons. The Bertz CT molecular complexity index is 1770. The number of halogens is 1. The molecule has 0 atom stereocenters. The smallest absolute Gasteiger partial charge is 0.328 e. The normalized spacial score (nSPS) is 11.2. The largest absolute Gasteiger partial charge is 0.497 e. The molecule has 3 N–H and O–H groups in total. The maximum Gasteiger partial charge on any atom is 0.328 e. The van der Waals surface area contributed by atoms with E-state index in [9.17, 15) is 14.0 Å². The van der Waals surface area contributed by atoms with Crippen LogP contribution in [0.25, 0.3) is 46.1 Å². The fourth-order valence-corrected chi connectivity index (χ4v) is 4.27. The predicted molar refractivity (Wildman–Crippen MR) is 162 cm³/mol. The first-order chi connectivity index (χ1) is 20.4. The Hall–Kier alpha value is -5.76. The van der Waals surface area contributed by atoms with Gasteiger partial charge in [0.25, 0.3) is 0 Å². The summed E-state index contributed by atoms with van der Waals surface area (Å²) >= 11 is 0. The van der Waals surface area contributed by atoms with Gasteiger partial charge >= 0.3 is 5.97 Å². The highest BCUT2D eigenvalue weighted by Gasteiger charge is 2.16. The van der Waals surface area contributed by atoms with Gasteiger partial charge in [0.05, 0.1) is 24.2 Å². The lowest BCUT2D eigenvalue weighted by molar-refractivity contribution is -0.131. The van der Waals surface area contributed by atoms with Crippen LogP contribution < -0.4 is 10.1 Å². The van der Waals surface area contributed by atoms with Crippen LogP contribution in [0.1, 0.15) is 11.1 Å². The molecule has 1 heterocycles. The van der Waals surface area contributed by atoms with Crippen LogP contribution in [-0.4, -0.2) is 34.1 Å². The molecular weight excluding hydrogens is 533 g/mol. The second-order valence-electron chi connectivity index (χ2n) is 9.26. The average molecular weight is 560 g/mol. The quantitative estimate of drug-likeness (QED) is 0.164. The molecule has 1 aromatic heterocycles. The number of ether oxygens (including phenoxy) is 1. The molecule has 0 aliphatic heterocycles. The van der Waals surface area contributed by atoms with E-state index in [0.29, 0.717) is 5.82 Å². The van der Waals surface area contributed by atoms with Crippen molar-refractivity contribution in [3.8, 4) is 39.7 Å². The van der Waals surface area contributed by atoms with E-state index in [1.54, 1.807) is 25.3 Å². The molecule has 42 heavy (non-hydrogen) atoms. The minimum atomic E-state index is -1.01. The van der Waals surface area contributed by atoms with Crippen LogP contribution in [0.15, 0.2) is 109 Å². The van der Waals surface area contributed by atoms with Crippen molar-refractivity contribution in [3.63, 3.8) is 0 Å². The van der Waals surface area contributed by atoms with Crippen LogP contribution in [0.3, 0.4) is 0 Å². The van der Waals surface area contributed by atoms with Gasteiger partial charge < -0.3 is 20.1 Å². The number of methoxy groups -OCH3 is 1. The third-order valence-corrected chi connectivity index (χ3v) is 6.43. The molecule has 0 unspecified atom stereocenters. The number of nitrogens with one attached hydrogen (secondary N) is 2. The Kier molecular flexibility index (Phi) is 8.34. The first-order valence-electron chi connectivity index (χ1n) is 13.0. The number of para-hydroxylation sites is 1. The van der Waals surface area contributed by atoms with E-state index >= 15 is 0 Å². The lowest BCUT2D eigenvalue weighted by Gasteiger charge is -2.05. The van der Waals surface area contributed by atoms with Gasteiger partial charge in [-0.2, -0.15) is 0 Å². The minimum Gasteiger partial charge on any atom is -0.497 e. The number of hydrogen-bond donors (Lipinski definition) is 3. The number of aromatic nitrogens is 2. The van der Waals surface area contributed by atoms with E-state index in [1.165, 1.54) is 24.3 Å². The Morgan fingerprint density at radius 2 is 1.40 bits per heavy atom.